The van der Waals surface area contributed by atoms with Crippen LogP contribution in [0, 0.1) is 6.92 Å². The molecule has 0 radical (unpaired) electrons. The molecule has 0 spiro atoms. The van der Waals surface area contributed by atoms with E-state index in [1.165, 1.54) is 11.3 Å². The fourth-order valence-corrected chi connectivity index (χ4v) is 3.31. The average molecular weight is 316 g/mol. The molecule has 0 saturated carbocycles. The van der Waals surface area contributed by atoms with Crippen LogP contribution in [0.5, 0.6) is 0 Å². The van der Waals surface area contributed by atoms with E-state index < -0.39 is 23.3 Å². The Hall–Kier alpha value is -2.67. The summed E-state index contributed by atoms with van der Waals surface area (Å²) in [5, 5.41) is 9.82. The minimum absolute atomic E-state index is 0.323. The summed E-state index contributed by atoms with van der Waals surface area (Å²) < 4.78 is 0.756. The number of nitrogens with zero attached hydrogens (tertiary/aromatic N) is 1. The maximum atomic E-state index is 12.6. The molecule has 7 heteroatoms. The molecule has 2 N–H and O–H groups in total. The maximum Gasteiger partial charge on any atom is 0.331 e. The summed E-state index contributed by atoms with van der Waals surface area (Å²) in [6.45, 7) is 1.82. The lowest BCUT2D eigenvalue weighted by atomic mass is 10.1. The number of nitrogens with one attached hydrogen (secondary N) is 1. The van der Waals surface area contributed by atoms with Crippen molar-refractivity contribution >= 4 is 27.5 Å². The predicted molar refractivity (Wildman–Crippen MR) is 83.7 cm³/mol. The zero-order valence-electron chi connectivity index (χ0n) is 11.6. The van der Waals surface area contributed by atoms with Crippen LogP contribution in [0.25, 0.3) is 10.2 Å². The number of hydrogen-bond acceptors (Lipinski definition) is 4. The molecule has 0 saturated heterocycles. The summed E-state index contributed by atoms with van der Waals surface area (Å²) in [5.74, 6) is -1.26. The van der Waals surface area contributed by atoms with Gasteiger partial charge in [0.05, 0.1) is 5.39 Å². The lowest BCUT2D eigenvalue weighted by Crippen LogP contribution is -2.41. The molecule has 3 aromatic rings. The third-order valence-corrected chi connectivity index (χ3v) is 4.32. The van der Waals surface area contributed by atoms with E-state index in [-0.39, 0.29) is 0 Å². The zero-order valence-corrected chi connectivity index (χ0v) is 12.4. The van der Waals surface area contributed by atoms with Gasteiger partial charge in [-0.25, -0.2) is 14.2 Å². The summed E-state index contributed by atoms with van der Waals surface area (Å²) in [6, 6.07) is 8.51. The number of carbonyl (C=O) groups is 1. The van der Waals surface area contributed by atoms with E-state index in [1.807, 2.05) is 6.92 Å². The summed E-state index contributed by atoms with van der Waals surface area (Å²) >= 11 is 1.29. The van der Waals surface area contributed by atoms with Gasteiger partial charge < -0.3 is 5.11 Å². The summed E-state index contributed by atoms with van der Waals surface area (Å²) in [5.41, 5.74) is -0.955. The Kier molecular flexibility index (Phi) is 3.42. The SMILES string of the molecule is Cc1cc2c(=O)n(C(C(=O)O)c3ccccc3)c(=O)[nH]c2s1. The monoisotopic (exact) mass is 316 g/mol. The molecule has 0 bridgehead atoms. The Labute approximate surface area is 128 Å². The third kappa shape index (κ3) is 2.25. The van der Waals surface area contributed by atoms with Gasteiger partial charge in [-0.1, -0.05) is 30.3 Å². The molecule has 6 nitrogen and oxygen atoms in total. The normalized spacial score (nSPS) is 12.4. The Morgan fingerprint density at radius 1 is 1.27 bits per heavy atom. The first-order valence-corrected chi connectivity index (χ1v) is 7.33. The van der Waals surface area contributed by atoms with Crippen molar-refractivity contribution in [2.24, 2.45) is 0 Å². The molecule has 2 heterocycles. The van der Waals surface area contributed by atoms with Gasteiger partial charge >= 0.3 is 11.7 Å². The van der Waals surface area contributed by atoms with Gasteiger partial charge in [-0.15, -0.1) is 11.3 Å². The maximum absolute atomic E-state index is 12.6. The van der Waals surface area contributed by atoms with Gasteiger partial charge in [-0.05, 0) is 18.6 Å². The number of aromatic nitrogens is 2. The highest BCUT2D eigenvalue weighted by Crippen LogP contribution is 2.21. The molecule has 22 heavy (non-hydrogen) atoms. The standard InChI is InChI=1S/C15H12N2O4S/c1-8-7-10-12(22-8)16-15(21)17(13(10)18)11(14(19)20)9-5-3-2-4-6-9/h2-7,11H,1H3,(H,16,21)(H,19,20). The van der Waals surface area contributed by atoms with Crippen LogP contribution in [0.1, 0.15) is 16.5 Å². The minimum Gasteiger partial charge on any atom is -0.479 e. The van der Waals surface area contributed by atoms with Gasteiger partial charge in [-0.2, -0.15) is 0 Å². The lowest BCUT2D eigenvalue weighted by molar-refractivity contribution is -0.139. The second-order valence-electron chi connectivity index (χ2n) is 4.86. The second kappa shape index (κ2) is 5.27. The van der Waals surface area contributed by atoms with Crippen LogP contribution >= 0.6 is 11.3 Å². The number of fused-ring (bicyclic) bond motifs is 1. The summed E-state index contributed by atoms with van der Waals surface area (Å²) in [6.07, 6.45) is 0. The number of thiophene rings is 1. The first-order chi connectivity index (χ1) is 10.5. The van der Waals surface area contributed by atoms with Crippen molar-refractivity contribution in [1.29, 1.82) is 0 Å². The van der Waals surface area contributed by atoms with Crippen LogP contribution in [0.15, 0.2) is 46.0 Å². The molecule has 1 atom stereocenters. The number of hydrogen-bond donors (Lipinski definition) is 2. The molecule has 0 aliphatic rings. The minimum atomic E-state index is -1.36. The Morgan fingerprint density at radius 3 is 2.59 bits per heavy atom. The molecule has 1 unspecified atom stereocenters. The Morgan fingerprint density at radius 2 is 1.95 bits per heavy atom. The number of benzene rings is 1. The molecule has 2 aromatic heterocycles. The summed E-state index contributed by atoms with van der Waals surface area (Å²) in [7, 11) is 0. The average Bonchev–Trinajstić information content (AvgIpc) is 2.84. The molecule has 0 aliphatic heterocycles. The van der Waals surface area contributed by atoms with Gasteiger partial charge in [0, 0.05) is 4.88 Å². The van der Waals surface area contributed by atoms with Gasteiger partial charge in [-0.3, -0.25) is 9.78 Å². The topological polar surface area (TPSA) is 92.2 Å². The lowest BCUT2D eigenvalue weighted by Gasteiger charge is -2.14. The highest BCUT2D eigenvalue weighted by Gasteiger charge is 2.26. The third-order valence-electron chi connectivity index (χ3n) is 3.35. The quantitative estimate of drug-likeness (QED) is 0.770. The summed E-state index contributed by atoms with van der Waals surface area (Å²) in [4.78, 5) is 40.4. The number of aliphatic carboxylic acids is 1. The first-order valence-electron chi connectivity index (χ1n) is 6.52. The van der Waals surface area contributed by atoms with E-state index in [0.717, 1.165) is 9.44 Å². The fraction of sp³-hybridized carbons (Fsp3) is 0.133. The number of aromatic amines is 1. The van der Waals surface area contributed by atoms with Crippen molar-refractivity contribution in [3.63, 3.8) is 0 Å². The van der Waals surface area contributed by atoms with E-state index in [9.17, 15) is 19.5 Å². The van der Waals surface area contributed by atoms with Gasteiger partial charge in [0.15, 0.2) is 6.04 Å². The molecular formula is C15H12N2O4S. The fourth-order valence-electron chi connectivity index (χ4n) is 2.42. The van der Waals surface area contributed by atoms with Crippen molar-refractivity contribution in [2.45, 2.75) is 13.0 Å². The molecule has 1 aromatic carbocycles. The number of carboxylic acid groups (broad SMARTS) is 1. The Balaban J connectivity index is 2.34. The molecule has 0 fully saturated rings. The second-order valence-corrected chi connectivity index (χ2v) is 6.11. The van der Waals surface area contributed by atoms with Gasteiger partial charge in [0.2, 0.25) is 0 Å². The number of carboxylic acids is 1. The van der Waals surface area contributed by atoms with E-state index >= 15 is 0 Å². The number of H-pyrrole nitrogens is 1. The molecule has 0 aliphatic carbocycles. The van der Waals surface area contributed by atoms with Crippen molar-refractivity contribution < 1.29 is 9.90 Å². The van der Waals surface area contributed by atoms with Gasteiger partial charge in [0.1, 0.15) is 4.83 Å². The van der Waals surface area contributed by atoms with Crippen LogP contribution in [-0.2, 0) is 4.79 Å². The highest BCUT2D eigenvalue weighted by molar-refractivity contribution is 7.18. The number of aryl methyl sites for hydroxylation is 1. The number of rotatable bonds is 3. The largest absolute Gasteiger partial charge is 0.479 e. The van der Waals surface area contributed by atoms with Crippen molar-refractivity contribution in [3.05, 3.63) is 67.7 Å². The van der Waals surface area contributed by atoms with Crippen molar-refractivity contribution in [1.82, 2.24) is 9.55 Å². The van der Waals surface area contributed by atoms with E-state index in [4.69, 9.17) is 0 Å². The van der Waals surface area contributed by atoms with Crippen LogP contribution in [-0.4, -0.2) is 20.6 Å². The Bertz CT molecular complexity index is 969. The van der Waals surface area contributed by atoms with Gasteiger partial charge in [0.25, 0.3) is 5.56 Å². The van der Waals surface area contributed by atoms with E-state index in [2.05, 4.69) is 4.98 Å². The first kappa shape index (κ1) is 14.3. The smallest absolute Gasteiger partial charge is 0.331 e. The van der Waals surface area contributed by atoms with Crippen LogP contribution in [0.3, 0.4) is 0 Å². The molecular weight excluding hydrogens is 304 g/mol. The van der Waals surface area contributed by atoms with E-state index in [1.54, 1.807) is 36.4 Å². The molecule has 3 rings (SSSR count). The molecule has 0 amide bonds. The zero-order chi connectivity index (χ0) is 15.9. The van der Waals surface area contributed by atoms with Crippen LogP contribution in [0.2, 0.25) is 0 Å². The molecule has 112 valence electrons. The van der Waals surface area contributed by atoms with Crippen molar-refractivity contribution in [3.8, 4) is 0 Å². The van der Waals surface area contributed by atoms with Crippen LogP contribution < -0.4 is 11.2 Å². The predicted octanol–water partition coefficient (Wildman–Crippen LogP) is 1.73. The van der Waals surface area contributed by atoms with Crippen molar-refractivity contribution in [2.75, 3.05) is 0 Å². The highest BCUT2D eigenvalue weighted by atomic mass is 32.1. The van der Waals surface area contributed by atoms with Crippen LogP contribution in [0.4, 0.5) is 0 Å². The van der Waals surface area contributed by atoms with E-state index in [0.29, 0.717) is 15.8 Å².